The molecule has 100 valence electrons. The minimum Gasteiger partial charge on any atom is -0.369 e. The average molecular weight is 313 g/mol. The molecule has 0 atom stereocenters. The summed E-state index contributed by atoms with van der Waals surface area (Å²) in [5, 5.41) is 7.97. The van der Waals surface area contributed by atoms with Gasteiger partial charge in [0.1, 0.15) is 0 Å². The van der Waals surface area contributed by atoms with E-state index in [4.69, 9.17) is 23.1 Å². The number of hydrogen-bond donors (Lipinski definition) is 2. The number of guanidine groups is 1. The highest BCUT2D eigenvalue weighted by Gasteiger charge is 2.15. The van der Waals surface area contributed by atoms with Crippen LogP contribution < -0.4 is 11.5 Å². The molecule has 4 N–H and O–H groups in total. The molecule has 4 nitrogen and oxygen atoms in total. The van der Waals surface area contributed by atoms with Gasteiger partial charge in [0.15, 0.2) is 0 Å². The fourth-order valence-corrected chi connectivity index (χ4v) is 4.26. The Morgan fingerprint density at radius 3 is 2.84 bits per heavy atom. The standard InChI is InChI=1S/C12H13ClN4S2/c13-10-8(2-1-5-16-17-12(14)15)3-4-9-11(10)19-7-6-18-9/h1-5H,6-7H2,(H4,14,15,17)/b2-1+,16-5+. The van der Waals surface area contributed by atoms with E-state index in [1.54, 1.807) is 17.8 Å². The number of hydrogen-bond acceptors (Lipinski definition) is 4. The van der Waals surface area contributed by atoms with Gasteiger partial charge in [0.2, 0.25) is 5.96 Å². The highest BCUT2D eigenvalue weighted by atomic mass is 35.5. The molecule has 1 aliphatic heterocycles. The first-order valence-electron chi connectivity index (χ1n) is 5.55. The first kappa shape index (κ1) is 14.3. The normalized spacial score (nSPS) is 14.8. The van der Waals surface area contributed by atoms with Crippen LogP contribution >= 0.6 is 35.1 Å². The number of nitrogens with zero attached hydrogens (tertiary/aromatic N) is 2. The molecule has 0 amide bonds. The summed E-state index contributed by atoms with van der Waals surface area (Å²) >= 11 is 10.0. The zero-order valence-corrected chi connectivity index (χ0v) is 12.4. The van der Waals surface area contributed by atoms with E-state index in [-0.39, 0.29) is 5.96 Å². The van der Waals surface area contributed by atoms with Crippen LogP contribution in [-0.4, -0.2) is 23.7 Å². The van der Waals surface area contributed by atoms with Crippen LogP contribution in [0.1, 0.15) is 5.56 Å². The summed E-state index contributed by atoms with van der Waals surface area (Å²) in [5.41, 5.74) is 11.3. The van der Waals surface area contributed by atoms with Gasteiger partial charge in [-0.3, -0.25) is 0 Å². The molecule has 1 heterocycles. The van der Waals surface area contributed by atoms with Crippen molar-refractivity contribution in [3.8, 4) is 0 Å². The molecule has 7 heteroatoms. The summed E-state index contributed by atoms with van der Waals surface area (Å²) in [5.74, 6) is 2.16. The minimum absolute atomic E-state index is 0.0649. The summed E-state index contributed by atoms with van der Waals surface area (Å²) < 4.78 is 0. The number of fused-ring (bicyclic) bond motifs is 1. The van der Waals surface area contributed by atoms with Crippen LogP contribution in [0.25, 0.3) is 6.08 Å². The molecule has 1 aliphatic rings. The van der Waals surface area contributed by atoms with Crippen LogP contribution in [-0.2, 0) is 0 Å². The molecule has 0 unspecified atom stereocenters. The largest absolute Gasteiger partial charge is 0.369 e. The van der Waals surface area contributed by atoms with E-state index >= 15 is 0 Å². The summed E-state index contributed by atoms with van der Waals surface area (Å²) in [4.78, 5) is 2.42. The molecule has 1 aromatic rings. The van der Waals surface area contributed by atoms with Crippen LogP contribution in [0.2, 0.25) is 5.02 Å². The molecule has 1 aromatic carbocycles. The van der Waals surface area contributed by atoms with Crippen LogP contribution in [0, 0.1) is 0 Å². The highest BCUT2D eigenvalue weighted by Crippen LogP contribution is 2.42. The van der Waals surface area contributed by atoms with E-state index in [9.17, 15) is 0 Å². The fraction of sp³-hybridized carbons (Fsp3) is 0.167. The van der Waals surface area contributed by atoms with Crippen molar-refractivity contribution in [2.75, 3.05) is 11.5 Å². The maximum absolute atomic E-state index is 6.39. The zero-order chi connectivity index (χ0) is 13.7. The van der Waals surface area contributed by atoms with Crippen molar-refractivity contribution < 1.29 is 0 Å². The molecule has 0 bridgehead atoms. The Morgan fingerprint density at radius 1 is 1.26 bits per heavy atom. The number of nitrogens with two attached hydrogens (primary N) is 2. The van der Waals surface area contributed by atoms with Gasteiger partial charge in [-0.15, -0.1) is 28.6 Å². The van der Waals surface area contributed by atoms with Crippen molar-refractivity contribution in [3.63, 3.8) is 0 Å². The van der Waals surface area contributed by atoms with Gasteiger partial charge in [-0.1, -0.05) is 23.7 Å². The van der Waals surface area contributed by atoms with Crippen LogP contribution in [0.4, 0.5) is 0 Å². The van der Waals surface area contributed by atoms with Crippen molar-refractivity contribution in [3.05, 3.63) is 28.8 Å². The molecule has 0 aromatic heterocycles. The predicted molar refractivity (Wildman–Crippen MR) is 86.2 cm³/mol. The molecule has 0 spiro atoms. The number of allylic oxidation sites excluding steroid dienone is 1. The van der Waals surface area contributed by atoms with Gasteiger partial charge in [0.25, 0.3) is 0 Å². The van der Waals surface area contributed by atoms with Crippen LogP contribution in [0.5, 0.6) is 0 Å². The number of thioether (sulfide) groups is 2. The predicted octanol–water partition coefficient (Wildman–Crippen LogP) is 2.81. The smallest absolute Gasteiger partial charge is 0.211 e. The maximum Gasteiger partial charge on any atom is 0.211 e. The van der Waals surface area contributed by atoms with Gasteiger partial charge in [-0.2, -0.15) is 5.10 Å². The van der Waals surface area contributed by atoms with Crippen molar-refractivity contribution in [1.29, 1.82) is 0 Å². The summed E-state index contributed by atoms with van der Waals surface area (Å²) in [6, 6.07) is 4.11. The lowest BCUT2D eigenvalue weighted by atomic mass is 10.2. The van der Waals surface area contributed by atoms with Crippen molar-refractivity contribution in [2.24, 2.45) is 21.7 Å². The molecule has 0 saturated heterocycles. The first-order chi connectivity index (χ1) is 9.18. The Balaban J connectivity index is 2.15. The second-order valence-electron chi connectivity index (χ2n) is 3.64. The molecule has 0 fully saturated rings. The van der Waals surface area contributed by atoms with Crippen molar-refractivity contribution in [1.82, 2.24) is 0 Å². The third kappa shape index (κ3) is 3.92. The van der Waals surface area contributed by atoms with E-state index in [1.807, 2.05) is 23.9 Å². The Labute approximate surface area is 125 Å². The molecule has 0 saturated carbocycles. The van der Waals surface area contributed by atoms with Gasteiger partial charge < -0.3 is 11.5 Å². The lowest BCUT2D eigenvalue weighted by Crippen LogP contribution is -2.21. The van der Waals surface area contributed by atoms with Gasteiger partial charge in [0, 0.05) is 27.5 Å². The van der Waals surface area contributed by atoms with Crippen LogP contribution in [0.3, 0.4) is 0 Å². The monoisotopic (exact) mass is 312 g/mol. The van der Waals surface area contributed by atoms with Gasteiger partial charge in [-0.25, -0.2) is 0 Å². The number of rotatable bonds is 3. The minimum atomic E-state index is -0.0649. The highest BCUT2D eigenvalue weighted by molar-refractivity contribution is 8.05. The molecular weight excluding hydrogens is 300 g/mol. The molecule has 0 radical (unpaired) electrons. The Hall–Kier alpha value is -1.11. The van der Waals surface area contributed by atoms with E-state index in [0.29, 0.717) is 0 Å². The maximum atomic E-state index is 6.39. The van der Waals surface area contributed by atoms with Crippen molar-refractivity contribution in [2.45, 2.75) is 9.79 Å². The number of benzene rings is 1. The third-order valence-corrected chi connectivity index (χ3v) is 5.37. The SMILES string of the molecule is NC(N)=N/N=C/C=C/c1ccc2c(c1Cl)SCCS2. The summed E-state index contributed by atoms with van der Waals surface area (Å²) in [6.45, 7) is 0. The van der Waals surface area contributed by atoms with E-state index in [0.717, 1.165) is 22.1 Å². The van der Waals surface area contributed by atoms with Gasteiger partial charge >= 0.3 is 0 Å². The Morgan fingerprint density at radius 2 is 2.05 bits per heavy atom. The molecule has 0 aliphatic carbocycles. The fourth-order valence-electron chi connectivity index (χ4n) is 1.51. The quantitative estimate of drug-likeness (QED) is 0.511. The lowest BCUT2D eigenvalue weighted by Gasteiger charge is -2.16. The van der Waals surface area contributed by atoms with Gasteiger partial charge in [-0.05, 0) is 17.7 Å². The average Bonchev–Trinajstić information content (AvgIpc) is 2.41. The van der Waals surface area contributed by atoms with Crippen LogP contribution in [0.15, 0.2) is 38.2 Å². The number of halogens is 1. The molecule has 19 heavy (non-hydrogen) atoms. The second-order valence-corrected chi connectivity index (χ2v) is 6.26. The second kappa shape index (κ2) is 6.88. The Kier molecular flexibility index (Phi) is 5.18. The zero-order valence-electron chi connectivity index (χ0n) is 10.0. The topological polar surface area (TPSA) is 76.8 Å². The van der Waals surface area contributed by atoms with Crippen molar-refractivity contribution >= 4 is 53.4 Å². The Bertz CT molecular complexity index is 551. The van der Waals surface area contributed by atoms with Gasteiger partial charge in [0.05, 0.1) is 5.02 Å². The van der Waals surface area contributed by atoms with E-state index in [2.05, 4.69) is 16.3 Å². The van der Waals surface area contributed by atoms with E-state index < -0.39 is 0 Å². The summed E-state index contributed by atoms with van der Waals surface area (Å²) in [7, 11) is 0. The molecular formula is C12H13ClN4S2. The summed E-state index contributed by atoms with van der Waals surface area (Å²) in [6.07, 6.45) is 5.15. The van der Waals surface area contributed by atoms with E-state index in [1.165, 1.54) is 16.0 Å². The molecule has 2 rings (SSSR count). The lowest BCUT2D eigenvalue weighted by molar-refractivity contribution is 1.21. The third-order valence-electron chi connectivity index (χ3n) is 2.28. The first-order valence-corrected chi connectivity index (χ1v) is 7.90.